The first-order valence-corrected chi connectivity index (χ1v) is 10.3. The van der Waals surface area contributed by atoms with Gasteiger partial charge in [0, 0.05) is 0 Å². The van der Waals surface area contributed by atoms with Crippen LogP contribution in [0.2, 0.25) is 0 Å². The molecule has 0 aromatic carbocycles. The van der Waals surface area contributed by atoms with Crippen molar-refractivity contribution >= 4 is 22.6 Å². The van der Waals surface area contributed by atoms with Crippen LogP contribution in [0.4, 0.5) is 0 Å². The Labute approximate surface area is 141 Å². The SMILES string of the molecule is CCCCCCCCC(CCCCCCCC)C(O)I. The molecule has 0 aromatic rings. The molecule has 1 unspecified atom stereocenters. The van der Waals surface area contributed by atoms with Gasteiger partial charge in [-0.3, -0.25) is 0 Å². The molecule has 0 spiro atoms. The second-order valence-corrected chi connectivity index (χ2v) is 7.52. The van der Waals surface area contributed by atoms with Crippen LogP contribution in [0.15, 0.2) is 0 Å². The monoisotopic (exact) mass is 396 g/mol. The standard InChI is InChI=1S/C18H37IO/c1-3-5-7-9-11-13-15-17(18(19)20)16-14-12-10-8-6-4-2/h17-18,20H,3-16H2,1-2H3. The van der Waals surface area contributed by atoms with Crippen molar-refractivity contribution in [2.45, 2.75) is 108 Å². The molecule has 0 bridgehead atoms. The fourth-order valence-corrected chi connectivity index (χ4v) is 3.51. The van der Waals surface area contributed by atoms with E-state index in [4.69, 9.17) is 0 Å². The average molecular weight is 396 g/mol. The van der Waals surface area contributed by atoms with Gasteiger partial charge in [-0.25, -0.2) is 0 Å². The molecule has 0 heterocycles. The Kier molecular flexibility index (Phi) is 16.6. The minimum atomic E-state index is -0.140. The van der Waals surface area contributed by atoms with Crippen LogP contribution in [0.1, 0.15) is 104 Å². The lowest BCUT2D eigenvalue weighted by Gasteiger charge is -2.18. The molecule has 0 aliphatic rings. The molecule has 1 N–H and O–H groups in total. The number of halogens is 1. The third-order valence-electron chi connectivity index (χ3n) is 4.25. The molecule has 0 rings (SSSR count). The fourth-order valence-electron chi connectivity index (χ4n) is 2.79. The van der Waals surface area contributed by atoms with E-state index in [2.05, 4.69) is 36.4 Å². The van der Waals surface area contributed by atoms with Crippen LogP contribution >= 0.6 is 22.6 Å². The van der Waals surface area contributed by atoms with E-state index in [1.54, 1.807) is 0 Å². The van der Waals surface area contributed by atoms with Gasteiger partial charge >= 0.3 is 0 Å². The summed E-state index contributed by atoms with van der Waals surface area (Å²) in [6.07, 6.45) is 18.8. The molecular weight excluding hydrogens is 359 g/mol. The van der Waals surface area contributed by atoms with Crippen LogP contribution in [-0.4, -0.2) is 9.22 Å². The van der Waals surface area contributed by atoms with Gasteiger partial charge < -0.3 is 5.11 Å². The van der Waals surface area contributed by atoms with E-state index in [0.717, 1.165) is 0 Å². The lowest BCUT2D eigenvalue weighted by molar-refractivity contribution is 0.186. The summed E-state index contributed by atoms with van der Waals surface area (Å²) in [6.45, 7) is 4.53. The molecule has 2 heteroatoms. The number of aliphatic hydroxyl groups excluding tert-OH is 1. The van der Waals surface area contributed by atoms with Gasteiger partial charge in [-0.1, -0.05) is 113 Å². The topological polar surface area (TPSA) is 20.2 Å². The third kappa shape index (κ3) is 13.7. The van der Waals surface area contributed by atoms with Crippen LogP contribution < -0.4 is 0 Å². The van der Waals surface area contributed by atoms with E-state index in [1.165, 1.54) is 89.9 Å². The molecule has 1 nitrogen and oxygen atoms in total. The highest BCUT2D eigenvalue weighted by Crippen LogP contribution is 2.25. The smallest absolute Gasteiger partial charge is 0.108 e. The third-order valence-corrected chi connectivity index (χ3v) is 5.26. The van der Waals surface area contributed by atoms with Crippen LogP contribution in [0.5, 0.6) is 0 Å². The van der Waals surface area contributed by atoms with Gasteiger partial charge in [-0.15, -0.1) is 0 Å². The zero-order valence-corrected chi connectivity index (χ0v) is 16.0. The molecule has 0 saturated carbocycles. The van der Waals surface area contributed by atoms with E-state index < -0.39 is 0 Å². The summed E-state index contributed by atoms with van der Waals surface area (Å²) in [6, 6.07) is 0. The first-order chi connectivity index (χ1) is 9.72. The van der Waals surface area contributed by atoms with Crippen molar-refractivity contribution in [2.75, 3.05) is 0 Å². The Morgan fingerprint density at radius 1 is 0.650 bits per heavy atom. The summed E-state index contributed by atoms with van der Waals surface area (Å²) < 4.78 is -0.140. The van der Waals surface area contributed by atoms with E-state index >= 15 is 0 Å². The second kappa shape index (κ2) is 16.1. The van der Waals surface area contributed by atoms with Crippen molar-refractivity contribution in [1.29, 1.82) is 0 Å². The molecular formula is C18H37IO. The predicted molar refractivity (Wildman–Crippen MR) is 99.5 cm³/mol. The largest absolute Gasteiger partial charge is 0.382 e. The Morgan fingerprint density at radius 2 is 1.00 bits per heavy atom. The maximum absolute atomic E-state index is 9.88. The van der Waals surface area contributed by atoms with E-state index in [0.29, 0.717) is 5.92 Å². The molecule has 0 radical (unpaired) electrons. The number of aliphatic hydroxyl groups is 1. The Morgan fingerprint density at radius 3 is 1.35 bits per heavy atom. The fraction of sp³-hybridized carbons (Fsp3) is 1.00. The molecule has 122 valence electrons. The lowest BCUT2D eigenvalue weighted by atomic mass is 9.95. The van der Waals surface area contributed by atoms with Gasteiger partial charge in [-0.05, 0) is 18.8 Å². The Balaban J connectivity index is 3.51. The molecule has 20 heavy (non-hydrogen) atoms. The highest BCUT2D eigenvalue weighted by molar-refractivity contribution is 14.1. The van der Waals surface area contributed by atoms with Gasteiger partial charge in [0.2, 0.25) is 0 Å². The van der Waals surface area contributed by atoms with Crippen LogP contribution in [0.3, 0.4) is 0 Å². The van der Waals surface area contributed by atoms with Gasteiger partial charge in [0.25, 0.3) is 0 Å². The highest BCUT2D eigenvalue weighted by atomic mass is 127. The van der Waals surface area contributed by atoms with E-state index in [9.17, 15) is 5.11 Å². The summed E-state index contributed by atoms with van der Waals surface area (Å²) in [7, 11) is 0. The number of rotatable bonds is 15. The maximum atomic E-state index is 9.88. The zero-order valence-electron chi connectivity index (χ0n) is 13.9. The molecule has 0 amide bonds. The second-order valence-electron chi connectivity index (χ2n) is 6.25. The normalized spacial score (nSPS) is 13.1. The summed E-state index contributed by atoms with van der Waals surface area (Å²) in [5, 5.41) is 9.88. The minimum absolute atomic E-state index is 0.140. The molecule has 0 saturated heterocycles. The van der Waals surface area contributed by atoms with E-state index in [1.807, 2.05) is 0 Å². The number of unbranched alkanes of at least 4 members (excludes halogenated alkanes) is 10. The summed E-state index contributed by atoms with van der Waals surface area (Å²) in [4.78, 5) is 0. The maximum Gasteiger partial charge on any atom is 0.108 e. The van der Waals surface area contributed by atoms with Crippen molar-refractivity contribution < 1.29 is 5.11 Å². The minimum Gasteiger partial charge on any atom is -0.382 e. The molecule has 0 aliphatic carbocycles. The molecule has 1 atom stereocenters. The number of hydrogen-bond donors (Lipinski definition) is 1. The van der Waals surface area contributed by atoms with Gasteiger partial charge in [0.1, 0.15) is 4.11 Å². The molecule has 0 aliphatic heterocycles. The van der Waals surface area contributed by atoms with Gasteiger partial charge in [0.05, 0.1) is 0 Å². The van der Waals surface area contributed by atoms with Crippen molar-refractivity contribution in [3.63, 3.8) is 0 Å². The van der Waals surface area contributed by atoms with Gasteiger partial charge in [0.15, 0.2) is 0 Å². The highest BCUT2D eigenvalue weighted by Gasteiger charge is 2.15. The van der Waals surface area contributed by atoms with Crippen LogP contribution in [0.25, 0.3) is 0 Å². The van der Waals surface area contributed by atoms with Crippen molar-refractivity contribution in [1.82, 2.24) is 0 Å². The van der Waals surface area contributed by atoms with E-state index in [-0.39, 0.29) is 4.11 Å². The van der Waals surface area contributed by atoms with Crippen LogP contribution in [-0.2, 0) is 0 Å². The van der Waals surface area contributed by atoms with Gasteiger partial charge in [-0.2, -0.15) is 0 Å². The zero-order chi connectivity index (χ0) is 15.1. The summed E-state index contributed by atoms with van der Waals surface area (Å²) >= 11 is 2.21. The van der Waals surface area contributed by atoms with Crippen molar-refractivity contribution in [3.05, 3.63) is 0 Å². The van der Waals surface area contributed by atoms with Crippen LogP contribution in [0, 0.1) is 5.92 Å². The van der Waals surface area contributed by atoms with Crippen molar-refractivity contribution in [3.8, 4) is 0 Å². The molecule has 0 aromatic heterocycles. The summed E-state index contributed by atoms with van der Waals surface area (Å²) in [5.41, 5.74) is 0. The number of hydrogen-bond acceptors (Lipinski definition) is 1. The Bertz CT molecular complexity index is 166. The summed E-state index contributed by atoms with van der Waals surface area (Å²) in [5.74, 6) is 0.535. The average Bonchev–Trinajstić information content (AvgIpc) is 2.43. The van der Waals surface area contributed by atoms with Crippen molar-refractivity contribution in [2.24, 2.45) is 5.92 Å². The molecule has 0 fully saturated rings. The quantitative estimate of drug-likeness (QED) is 0.182. The first kappa shape index (κ1) is 20.7. The lowest BCUT2D eigenvalue weighted by Crippen LogP contribution is -2.13. The predicted octanol–water partition coefficient (Wildman–Crippen LogP) is 6.86. The Hall–Kier alpha value is 0.690. The first-order valence-electron chi connectivity index (χ1n) is 9.04. The number of alkyl halides is 1.